The van der Waals surface area contributed by atoms with Gasteiger partial charge in [0.05, 0.1) is 18.9 Å². The Bertz CT molecular complexity index is 778. The van der Waals surface area contributed by atoms with Gasteiger partial charge in [0.15, 0.2) is 11.5 Å². The van der Waals surface area contributed by atoms with Gasteiger partial charge in [0.1, 0.15) is 6.61 Å². The van der Waals surface area contributed by atoms with Crippen molar-refractivity contribution in [3.05, 3.63) is 53.6 Å². The first-order chi connectivity index (χ1) is 13.5. The third kappa shape index (κ3) is 8.59. The summed E-state index contributed by atoms with van der Waals surface area (Å²) >= 11 is -2.43. The van der Waals surface area contributed by atoms with Crippen LogP contribution in [0.2, 0.25) is 0 Å². The minimum absolute atomic E-state index is 0. The van der Waals surface area contributed by atoms with Crippen molar-refractivity contribution in [1.82, 2.24) is 5.32 Å². The molecule has 162 valence electrons. The molecule has 2 aromatic carbocycles. The lowest BCUT2D eigenvalue weighted by Gasteiger charge is -2.17. The number of rotatable bonds is 12. The van der Waals surface area contributed by atoms with Crippen LogP contribution in [0.15, 0.2) is 42.5 Å². The molecule has 3 N–H and O–H groups in total. The average Bonchev–Trinajstić information content (AvgIpc) is 2.66. The van der Waals surface area contributed by atoms with Gasteiger partial charge in [-0.1, -0.05) is 24.3 Å². The van der Waals surface area contributed by atoms with E-state index < -0.39 is 11.3 Å². The summed E-state index contributed by atoms with van der Waals surface area (Å²) in [6, 6.07) is 13.1. The highest BCUT2D eigenvalue weighted by Crippen LogP contribution is 2.26. The minimum atomic E-state index is -2.43. The van der Waals surface area contributed by atoms with Gasteiger partial charge in [-0.15, -0.1) is 12.4 Å². The minimum Gasteiger partial charge on any atom is -0.755 e. The fourth-order valence-corrected chi connectivity index (χ4v) is 3.18. The van der Waals surface area contributed by atoms with E-state index in [-0.39, 0.29) is 25.1 Å². The summed E-state index contributed by atoms with van der Waals surface area (Å²) in [5, 5.41) is 12.7. The number of nitrogens with one attached hydrogen (secondary N) is 2. The van der Waals surface area contributed by atoms with Gasteiger partial charge in [0.2, 0.25) is 0 Å². The summed E-state index contributed by atoms with van der Waals surface area (Å²) in [5.41, 5.74) is 1.90. The molecule has 0 fully saturated rings. The second-order valence-electron chi connectivity index (χ2n) is 6.27. The van der Waals surface area contributed by atoms with Gasteiger partial charge < -0.3 is 29.2 Å². The van der Waals surface area contributed by atoms with Crippen molar-refractivity contribution in [2.75, 3.05) is 24.5 Å². The second kappa shape index (κ2) is 13.4. The number of ether oxygens (including phenoxy) is 2. The number of aliphatic hydroxyl groups excluding tert-OH is 1. The van der Waals surface area contributed by atoms with E-state index in [4.69, 9.17) is 9.47 Å². The summed E-state index contributed by atoms with van der Waals surface area (Å²) in [4.78, 5) is 0. The Morgan fingerprint density at radius 3 is 2.48 bits per heavy atom. The fraction of sp³-hybridized carbons (Fsp3) is 0.400. The predicted octanol–water partition coefficient (Wildman–Crippen LogP) is 2.81. The fourth-order valence-electron chi connectivity index (χ4n) is 2.81. The number of aliphatic hydroxyl groups is 1. The highest BCUT2D eigenvalue weighted by molar-refractivity contribution is 7.80. The first-order valence-electron chi connectivity index (χ1n) is 9.20. The van der Waals surface area contributed by atoms with Crippen LogP contribution >= 0.6 is 12.4 Å². The number of hydrogen-bond acceptors (Lipinski definition) is 6. The summed E-state index contributed by atoms with van der Waals surface area (Å²) in [7, 11) is 0. The Hall–Kier alpha value is -1.84. The van der Waals surface area contributed by atoms with Crippen molar-refractivity contribution in [3.63, 3.8) is 0 Å². The summed E-state index contributed by atoms with van der Waals surface area (Å²) in [6.45, 7) is 5.50. The van der Waals surface area contributed by atoms with E-state index in [0.29, 0.717) is 37.4 Å². The molecule has 9 heteroatoms. The lowest BCUT2D eigenvalue weighted by atomic mass is 10.0. The Morgan fingerprint density at radius 2 is 1.86 bits per heavy atom. The molecule has 0 amide bonds. The molecule has 0 bridgehead atoms. The maximum Gasteiger partial charge on any atom is 0.161 e. The zero-order valence-electron chi connectivity index (χ0n) is 16.6. The van der Waals surface area contributed by atoms with E-state index in [1.807, 2.05) is 44.2 Å². The number of para-hydroxylation sites is 2. The van der Waals surface area contributed by atoms with Gasteiger partial charge >= 0.3 is 0 Å². The zero-order chi connectivity index (χ0) is 20.4. The van der Waals surface area contributed by atoms with E-state index >= 15 is 0 Å². The van der Waals surface area contributed by atoms with Gasteiger partial charge in [-0.25, -0.2) is 0 Å². The first kappa shape index (κ1) is 25.2. The molecule has 0 saturated carbocycles. The molecule has 0 aliphatic heterocycles. The molecule has 0 radical (unpaired) electrons. The molecule has 0 saturated heterocycles. The molecule has 0 aliphatic carbocycles. The SMILES string of the molecule is CCOc1ccccc1OCCNC(C)Cc1ccc(CO)c(NS(=O)[O-])c1.Cl. The normalized spacial score (nSPS) is 12.6. The maximum atomic E-state index is 10.9. The highest BCUT2D eigenvalue weighted by atomic mass is 35.5. The highest BCUT2D eigenvalue weighted by Gasteiger charge is 2.08. The second-order valence-corrected chi connectivity index (χ2v) is 6.95. The van der Waals surface area contributed by atoms with Crippen molar-refractivity contribution in [2.45, 2.75) is 32.9 Å². The third-order valence-electron chi connectivity index (χ3n) is 4.08. The molecule has 2 atom stereocenters. The third-order valence-corrected chi connectivity index (χ3v) is 4.47. The standard InChI is InChI=1S/C20H28N2O5S.ClH/c1-3-26-19-6-4-5-7-20(19)27-11-10-21-15(2)12-16-8-9-17(14-23)18(13-16)22-28(24)25;/h4-9,13,15,21-23H,3,10-12,14H2,1-2H3,(H,24,25);1H/p-1. The van der Waals surface area contributed by atoms with Crippen LogP contribution < -0.4 is 19.5 Å². The van der Waals surface area contributed by atoms with Crippen LogP contribution in [0.3, 0.4) is 0 Å². The monoisotopic (exact) mass is 443 g/mol. The van der Waals surface area contributed by atoms with E-state index in [9.17, 15) is 13.9 Å². The van der Waals surface area contributed by atoms with Crippen molar-refractivity contribution < 1.29 is 23.3 Å². The number of benzene rings is 2. The van der Waals surface area contributed by atoms with E-state index in [1.165, 1.54) is 0 Å². The van der Waals surface area contributed by atoms with Crippen molar-refractivity contribution in [1.29, 1.82) is 0 Å². The quantitative estimate of drug-likeness (QED) is 0.344. The van der Waals surface area contributed by atoms with Crippen LogP contribution in [0.25, 0.3) is 0 Å². The first-order valence-corrected chi connectivity index (χ1v) is 10.3. The molecular formula is C20H28ClN2O5S-. The van der Waals surface area contributed by atoms with Gasteiger partial charge in [-0.2, -0.15) is 0 Å². The van der Waals surface area contributed by atoms with Crippen LogP contribution in [0.1, 0.15) is 25.0 Å². The smallest absolute Gasteiger partial charge is 0.161 e. The lowest BCUT2D eigenvalue weighted by Crippen LogP contribution is -2.31. The number of anilines is 1. The van der Waals surface area contributed by atoms with Crippen molar-refractivity contribution >= 4 is 29.4 Å². The van der Waals surface area contributed by atoms with Crippen LogP contribution in [0.5, 0.6) is 11.5 Å². The van der Waals surface area contributed by atoms with Gasteiger partial charge in [0, 0.05) is 29.4 Å². The van der Waals surface area contributed by atoms with Crippen LogP contribution in [-0.2, 0) is 24.3 Å². The zero-order valence-corrected chi connectivity index (χ0v) is 18.2. The molecule has 0 aliphatic rings. The summed E-state index contributed by atoms with van der Waals surface area (Å²) in [6.07, 6.45) is 0.710. The van der Waals surface area contributed by atoms with E-state index in [1.54, 1.807) is 12.1 Å². The topological polar surface area (TPSA) is 103 Å². The summed E-state index contributed by atoms with van der Waals surface area (Å²) in [5.74, 6) is 1.46. The van der Waals surface area contributed by atoms with Crippen LogP contribution in [-0.4, -0.2) is 39.7 Å². The Balaban J connectivity index is 0.00000420. The Morgan fingerprint density at radius 1 is 1.17 bits per heavy atom. The molecular weight excluding hydrogens is 416 g/mol. The summed E-state index contributed by atoms with van der Waals surface area (Å²) < 4.78 is 35.5. The average molecular weight is 444 g/mol. The molecule has 0 aromatic heterocycles. The molecule has 29 heavy (non-hydrogen) atoms. The molecule has 2 unspecified atom stereocenters. The molecule has 0 spiro atoms. The van der Waals surface area contributed by atoms with Crippen LogP contribution in [0, 0.1) is 0 Å². The van der Waals surface area contributed by atoms with Crippen molar-refractivity contribution in [3.8, 4) is 11.5 Å². The lowest BCUT2D eigenvalue weighted by molar-refractivity contribution is 0.272. The predicted molar refractivity (Wildman–Crippen MR) is 116 cm³/mol. The maximum absolute atomic E-state index is 10.9. The molecule has 2 rings (SSSR count). The van der Waals surface area contributed by atoms with E-state index in [0.717, 1.165) is 17.1 Å². The molecule has 0 heterocycles. The van der Waals surface area contributed by atoms with Crippen LogP contribution in [0.4, 0.5) is 5.69 Å². The molecule has 2 aromatic rings. The van der Waals surface area contributed by atoms with E-state index in [2.05, 4.69) is 10.0 Å². The number of hydrogen-bond donors (Lipinski definition) is 3. The molecule has 7 nitrogen and oxygen atoms in total. The number of halogens is 1. The Kier molecular flexibility index (Phi) is 11.6. The Labute approximate surface area is 180 Å². The van der Waals surface area contributed by atoms with Crippen molar-refractivity contribution in [2.24, 2.45) is 0 Å². The van der Waals surface area contributed by atoms with Gasteiger partial charge in [0.25, 0.3) is 0 Å². The largest absolute Gasteiger partial charge is 0.755 e. The van der Waals surface area contributed by atoms with Gasteiger partial charge in [-0.05, 0) is 44.0 Å². The van der Waals surface area contributed by atoms with Gasteiger partial charge in [-0.3, -0.25) is 4.21 Å².